The minimum absolute atomic E-state index is 0.104. The summed E-state index contributed by atoms with van der Waals surface area (Å²) in [5.74, 6) is -0.290. The maximum Gasteiger partial charge on any atom is 0.256 e. The van der Waals surface area contributed by atoms with Gasteiger partial charge in [0.2, 0.25) is 0 Å². The molecule has 0 radical (unpaired) electrons. The molecule has 0 saturated heterocycles. The van der Waals surface area contributed by atoms with Crippen LogP contribution in [0.15, 0.2) is 79.1 Å². The Morgan fingerprint density at radius 1 is 1.09 bits per heavy atom. The number of aryl methyl sites for hydroxylation is 1. The number of fused-ring (bicyclic) bond motifs is 2. The molecule has 2 aromatic carbocycles. The van der Waals surface area contributed by atoms with E-state index in [4.69, 9.17) is 0 Å². The molecule has 0 saturated carbocycles. The Balaban J connectivity index is 1.38. The molecular weight excluding hydrogens is 419 g/mol. The zero-order valence-corrected chi connectivity index (χ0v) is 17.9. The number of Topliss-reactive ketones (excluding diaryl/α,β-unsaturated/α-hetero) is 1. The Hall–Kier alpha value is -4.26. The van der Waals surface area contributed by atoms with Crippen LogP contribution in [-0.4, -0.2) is 21.2 Å². The van der Waals surface area contributed by atoms with Crippen LogP contribution in [0.2, 0.25) is 0 Å². The number of nitrogens with one attached hydrogen (secondary N) is 2. The smallest absolute Gasteiger partial charge is 0.256 e. The minimum Gasteiger partial charge on any atom is -0.355 e. The first-order valence-electron chi connectivity index (χ1n) is 10.6. The second kappa shape index (κ2) is 8.35. The summed E-state index contributed by atoms with van der Waals surface area (Å²) in [6, 6.07) is 17.9. The molecule has 0 bridgehead atoms. The van der Waals surface area contributed by atoms with E-state index in [0.717, 1.165) is 11.3 Å². The molecular formula is C26H21FN4O2. The molecule has 2 N–H and O–H groups in total. The van der Waals surface area contributed by atoms with Gasteiger partial charge in [0.25, 0.3) is 5.91 Å². The van der Waals surface area contributed by atoms with Gasteiger partial charge in [0.05, 0.1) is 6.54 Å². The van der Waals surface area contributed by atoms with Gasteiger partial charge in [0.15, 0.2) is 5.78 Å². The Kier molecular flexibility index (Phi) is 5.22. The van der Waals surface area contributed by atoms with Crippen LogP contribution in [0, 0.1) is 12.7 Å². The number of ketones is 1. The molecule has 164 valence electrons. The van der Waals surface area contributed by atoms with Gasteiger partial charge in [-0.2, -0.15) is 0 Å². The number of carbonyl (C=O) groups is 2. The SMILES string of the molecule is Cc1ccc(F)cc1C(=O)Nc1ccc(C(=O)C2Nc3ncccc3Cn3cccc32)cc1. The van der Waals surface area contributed by atoms with E-state index in [0.29, 0.717) is 29.2 Å². The van der Waals surface area contributed by atoms with E-state index in [1.54, 1.807) is 43.5 Å². The van der Waals surface area contributed by atoms with Crippen molar-refractivity contribution < 1.29 is 14.0 Å². The third kappa shape index (κ3) is 4.01. The van der Waals surface area contributed by atoms with E-state index in [1.807, 2.05) is 35.0 Å². The lowest BCUT2D eigenvalue weighted by Crippen LogP contribution is -2.22. The molecule has 0 spiro atoms. The van der Waals surface area contributed by atoms with Crippen LogP contribution in [0.25, 0.3) is 0 Å². The summed E-state index contributed by atoms with van der Waals surface area (Å²) >= 11 is 0. The second-order valence-corrected chi connectivity index (χ2v) is 8.00. The Morgan fingerprint density at radius 3 is 2.73 bits per heavy atom. The van der Waals surface area contributed by atoms with Gasteiger partial charge in [-0.05, 0) is 67.1 Å². The van der Waals surface area contributed by atoms with Crippen LogP contribution in [0.3, 0.4) is 0 Å². The molecule has 1 aliphatic rings. The van der Waals surface area contributed by atoms with Crippen LogP contribution < -0.4 is 10.6 Å². The third-order valence-electron chi connectivity index (χ3n) is 5.81. The summed E-state index contributed by atoms with van der Waals surface area (Å²) in [5.41, 5.74) is 3.83. The summed E-state index contributed by atoms with van der Waals surface area (Å²) < 4.78 is 15.6. The third-order valence-corrected chi connectivity index (χ3v) is 5.81. The van der Waals surface area contributed by atoms with Crippen LogP contribution in [0.5, 0.6) is 0 Å². The van der Waals surface area contributed by atoms with Crippen LogP contribution in [0.4, 0.5) is 15.9 Å². The lowest BCUT2D eigenvalue weighted by Gasteiger charge is -2.17. The largest absolute Gasteiger partial charge is 0.355 e. The zero-order valence-electron chi connectivity index (χ0n) is 17.9. The molecule has 2 aromatic heterocycles. The van der Waals surface area contributed by atoms with Gasteiger partial charge in [-0.25, -0.2) is 9.37 Å². The molecule has 0 aliphatic carbocycles. The van der Waals surface area contributed by atoms with E-state index in [2.05, 4.69) is 15.6 Å². The first kappa shape index (κ1) is 20.6. The van der Waals surface area contributed by atoms with Crippen molar-refractivity contribution in [2.75, 3.05) is 10.6 Å². The Labute approximate surface area is 190 Å². The Morgan fingerprint density at radius 2 is 1.91 bits per heavy atom. The van der Waals surface area contributed by atoms with Crippen molar-refractivity contribution >= 4 is 23.2 Å². The highest BCUT2D eigenvalue weighted by Gasteiger charge is 2.28. The highest BCUT2D eigenvalue weighted by Crippen LogP contribution is 2.30. The lowest BCUT2D eigenvalue weighted by molar-refractivity contribution is 0.0966. The van der Waals surface area contributed by atoms with E-state index in [-0.39, 0.29) is 11.3 Å². The fourth-order valence-corrected chi connectivity index (χ4v) is 4.05. The monoisotopic (exact) mass is 440 g/mol. The number of rotatable bonds is 4. The van der Waals surface area contributed by atoms with E-state index in [9.17, 15) is 14.0 Å². The molecule has 3 heterocycles. The number of halogens is 1. The molecule has 5 rings (SSSR count). The number of pyridine rings is 1. The second-order valence-electron chi connectivity index (χ2n) is 8.00. The van der Waals surface area contributed by atoms with Crippen molar-refractivity contribution in [2.24, 2.45) is 0 Å². The molecule has 1 amide bonds. The first-order chi connectivity index (χ1) is 16.0. The van der Waals surface area contributed by atoms with Crippen LogP contribution in [0.1, 0.15) is 43.6 Å². The summed E-state index contributed by atoms with van der Waals surface area (Å²) in [4.78, 5) is 30.4. The van der Waals surface area contributed by atoms with Gasteiger partial charge >= 0.3 is 0 Å². The average molecular weight is 440 g/mol. The van der Waals surface area contributed by atoms with Gasteiger partial charge < -0.3 is 15.2 Å². The normalized spacial score (nSPS) is 14.4. The number of carbonyl (C=O) groups excluding carboxylic acids is 2. The Bertz CT molecular complexity index is 1360. The molecule has 6 nitrogen and oxygen atoms in total. The summed E-state index contributed by atoms with van der Waals surface area (Å²) in [6.45, 7) is 2.38. The quantitative estimate of drug-likeness (QED) is 0.439. The molecule has 0 fully saturated rings. The molecule has 4 aromatic rings. The fraction of sp³-hybridized carbons (Fsp3) is 0.115. The fourth-order valence-electron chi connectivity index (χ4n) is 4.05. The number of hydrogen-bond acceptors (Lipinski definition) is 4. The van der Waals surface area contributed by atoms with E-state index < -0.39 is 17.8 Å². The molecule has 1 aliphatic heterocycles. The van der Waals surface area contributed by atoms with Crippen molar-refractivity contribution in [3.05, 3.63) is 113 Å². The van der Waals surface area contributed by atoms with Gasteiger partial charge in [-0.1, -0.05) is 12.1 Å². The van der Waals surface area contributed by atoms with Gasteiger partial charge in [0.1, 0.15) is 17.7 Å². The number of hydrogen-bond donors (Lipinski definition) is 2. The highest BCUT2D eigenvalue weighted by molar-refractivity contribution is 6.06. The van der Waals surface area contributed by atoms with E-state index in [1.165, 1.54) is 12.1 Å². The van der Waals surface area contributed by atoms with Crippen molar-refractivity contribution in [1.29, 1.82) is 0 Å². The number of benzene rings is 2. The standard InChI is InChI=1S/C26H21FN4O2/c1-16-6-9-19(27)14-21(16)26(33)29-20-10-7-17(8-11-20)24(32)23-22-5-3-13-31(22)15-18-4-2-12-28-25(18)30-23/h2-14,23H,15H2,1H3,(H,28,30)(H,29,33). The van der Waals surface area contributed by atoms with Gasteiger partial charge in [-0.15, -0.1) is 0 Å². The summed E-state index contributed by atoms with van der Waals surface area (Å²) in [5, 5.41) is 6.05. The minimum atomic E-state index is -0.591. The van der Waals surface area contributed by atoms with Crippen molar-refractivity contribution in [1.82, 2.24) is 9.55 Å². The molecule has 7 heteroatoms. The topological polar surface area (TPSA) is 76.0 Å². The van der Waals surface area contributed by atoms with Gasteiger partial charge in [-0.3, -0.25) is 9.59 Å². The number of amides is 1. The van der Waals surface area contributed by atoms with Gasteiger partial charge in [0, 0.05) is 40.5 Å². The van der Waals surface area contributed by atoms with Crippen LogP contribution >= 0.6 is 0 Å². The number of anilines is 2. The van der Waals surface area contributed by atoms with Crippen LogP contribution in [-0.2, 0) is 6.54 Å². The highest BCUT2D eigenvalue weighted by atomic mass is 19.1. The predicted octanol–water partition coefficient (Wildman–Crippen LogP) is 4.98. The summed E-state index contributed by atoms with van der Waals surface area (Å²) in [6.07, 6.45) is 3.65. The van der Waals surface area contributed by atoms with E-state index >= 15 is 0 Å². The van der Waals surface area contributed by atoms with Crippen molar-refractivity contribution in [2.45, 2.75) is 19.5 Å². The average Bonchev–Trinajstić information content (AvgIpc) is 3.21. The first-order valence-corrected chi connectivity index (χ1v) is 10.6. The zero-order chi connectivity index (χ0) is 22.9. The molecule has 1 unspecified atom stereocenters. The molecule has 1 atom stereocenters. The lowest BCUT2D eigenvalue weighted by atomic mass is 10.0. The molecule has 33 heavy (non-hydrogen) atoms. The maximum atomic E-state index is 13.5. The summed E-state index contributed by atoms with van der Waals surface area (Å²) in [7, 11) is 0. The number of aromatic nitrogens is 2. The predicted molar refractivity (Wildman–Crippen MR) is 124 cm³/mol. The van der Waals surface area contributed by atoms with Crippen molar-refractivity contribution in [3.8, 4) is 0 Å². The van der Waals surface area contributed by atoms with Crippen molar-refractivity contribution in [3.63, 3.8) is 0 Å². The number of nitrogens with zero attached hydrogens (tertiary/aromatic N) is 2. The maximum absolute atomic E-state index is 13.5.